The summed E-state index contributed by atoms with van der Waals surface area (Å²) >= 11 is 11.4. The number of carbonyl (C=O) groups excluding carboxylic acids is 1. The van der Waals surface area contributed by atoms with E-state index in [2.05, 4.69) is 5.32 Å². The minimum Gasteiger partial charge on any atom is -0.322 e. The average Bonchev–Trinajstić information content (AvgIpc) is 2.36. The van der Waals surface area contributed by atoms with Crippen molar-refractivity contribution in [1.29, 1.82) is 0 Å². The Labute approximate surface area is 128 Å². The highest BCUT2D eigenvalue weighted by atomic mass is 35.5. The van der Waals surface area contributed by atoms with E-state index in [1.54, 1.807) is 0 Å². The first kappa shape index (κ1) is 15.2. The van der Waals surface area contributed by atoms with Gasteiger partial charge in [-0.05, 0) is 30.3 Å². The number of nitro groups is 1. The van der Waals surface area contributed by atoms with E-state index in [0.717, 1.165) is 24.3 Å². The number of rotatable bonds is 3. The van der Waals surface area contributed by atoms with Gasteiger partial charge in [0.25, 0.3) is 11.6 Å². The molecule has 0 radical (unpaired) electrons. The van der Waals surface area contributed by atoms with Gasteiger partial charge in [0.2, 0.25) is 0 Å². The van der Waals surface area contributed by atoms with Gasteiger partial charge in [-0.1, -0.05) is 23.2 Å². The minimum absolute atomic E-state index is 0.0827. The second kappa shape index (κ2) is 6.07. The van der Waals surface area contributed by atoms with Crippen LogP contribution >= 0.6 is 23.2 Å². The Kier molecular flexibility index (Phi) is 4.40. The Balaban J connectivity index is 2.36. The summed E-state index contributed by atoms with van der Waals surface area (Å²) in [6.45, 7) is 0. The van der Waals surface area contributed by atoms with E-state index >= 15 is 0 Å². The van der Waals surface area contributed by atoms with Gasteiger partial charge in [0.15, 0.2) is 0 Å². The number of amides is 1. The Morgan fingerprint density at radius 2 is 1.86 bits per heavy atom. The number of nitrogens with one attached hydrogen (secondary N) is 1. The molecule has 2 aromatic carbocycles. The molecule has 0 spiro atoms. The lowest BCUT2D eigenvalue weighted by atomic mass is 10.1. The first-order valence-corrected chi connectivity index (χ1v) is 6.34. The van der Waals surface area contributed by atoms with Gasteiger partial charge in [0.1, 0.15) is 11.4 Å². The summed E-state index contributed by atoms with van der Waals surface area (Å²) in [4.78, 5) is 22.3. The summed E-state index contributed by atoms with van der Waals surface area (Å²) in [5.74, 6) is -1.43. The van der Waals surface area contributed by atoms with Crippen molar-refractivity contribution in [3.05, 3.63) is 67.9 Å². The van der Waals surface area contributed by atoms with Crippen molar-refractivity contribution in [2.75, 3.05) is 5.32 Å². The van der Waals surface area contributed by atoms with E-state index in [1.807, 2.05) is 0 Å². The number of nitrogens with zero attached hydrogens (tertiary/aromatic N) is 1. The van der Waals surface area contributed by atoms with E-state index in [1.165, 1.54) is 12.1 Å². The first-order chi connectivity index (χ1) is 9.86. The maximum atomic E-state index is 13.2. The summed E-state index contributed by atoms with van der Waals surface area (Å²) in [5.41, 5.74) is -0.549. The molecule has 1 N–H and O–H groups in total. The van der Waals surface area contributed by atoms with Crippen LogP contribution in [0, 0.1) is 15.9 Å². The molecule has 0 bridgehead atoms. The van der Waals surface area contributed by atoms with Gasteiger partial charge >= 0.3 is 0 Å². The molecule has 0 aromatic heterocycles. The molecule has 0 fully saturated rings. The Hall–Kier alpha value is -2.18. The smallest absolute Gasteiger partial charge is 0.282 e. The Morgan fingerprint density at radius 3 is 2.48 bits per heavy atom. The molecule has 0 aliphatic rings. The van der Waals surface area contributed by atoms with E-state index in [9.17, 15) is 19.3 Å². The van der Waals surface area contributed by atoms with Crippen LogP contribution in [0.15, 0.2) is 36.4 Å². The topological polar surface area (TPSA) is 72.2 Å². The monoisotopic (exact) mass is 328 g/mol. The predicted molar refractivity (Wildman–Crippen MR) is 77.5 cm³/mol. The normalized spacial score (nSPS) is 10.2. The lowest BCUT2D eigenvalue weighted by Gasteiger charge is -2.07. The highest BCUT2D eigenvalue weighted by Crippen LogP contribution is 2.25. The molecule has 0 saturated heterocycles. The van der Waals surface area contributed by atoms with E-state index < -0.39 is 22.3 Å². The number of nitro benzene ring substituents is 1. The number of halogens is 3. The largest absolute Gasteiger partial charge is 0.322 e. The molecule has 5 nitrogen and oxygen atoms in total. The minimum atomic E-state index is -0.786. The zero-order valence-electron chi connectivity index (χ0n) is 10.3. The molecule has 0 saturated carbocycles. The van der Waals surface area contributed by atoms with Gasteiger partial charge in [-0.3, -0.25) is 14.9 Å². The van der Waals surface area contributed by atoms with Gasteiger partial charge in [0, 0.05) is 21.8 Å². The molecule has 0 aliphatic carbocycles. The molecule has 2 rings (SSSR count). The average molecular weight is 329 g/mol. The van der Waals surface area contributed by atoms with Gasteiger partial charge in [-0.2, -0.15) is 0 Å². The molecule has 2 aromatic rings. The third-order valence-corrected chi connectivity index (χ3v) is 2.97. The van der Waals surface area contributed by atoms with Gasteiger partial charge < -0.3 is 5.32 Å². The standard InChI is InChI=1S/C13H7Cl2FN2O3/c14-7-1-2-12(18(20)21)11(5-7)13(19)17-10-4-8(15)3-9(16)6-10/h1-6H,(H,17,19). The third-order valence-electron chi connectivity index (χ3n) is 2.52. The van der Waals surface area contributed by atoms with Gasteiger partial charge in [-0.15, -0.1) is 0 Å². The lowest BCUT2D eigenvalue weighted by molar-refractivity contribution is -0.385. The van der Waals surface area contributed by atoms with Crippen molar-refractivity contribution in [2.45, 2.75) is 0 Å². The number of benzene rings is 2. The molecule has 0 unspecified atom stereocenters. The summed E-state index contributed by atoms with van der Waals surface area (Å²) in [6.07, 6.45) is 0. The van der Waals surface area contributed by atoms with Crippen LogP contribution in [0.2, 0.25) is 10.0 Å². The van der Waals surface area contributed by atoms with Crippen LogP contribution in [-0.2, 0) is 0 Å². The van der Waals surface area contributed by atoms with Crippen LogP contribution in [0.4, 0.5) is 15.8 Å². The highest BCUT2D eigenvalue weighted by molar-refractivity contribution is 6.31. The zero-order valence-corrected chi connectivity index (χ0v) is 11.8. The molecule has 0 heterocycles. The van der Waals surface area contributed by atoms with E-state index in [-0.39, 0.29) is 21.3 Å². The van der Waals surface area contributed by atoms with Crippen LogP contribution in [0.1, 0.15) is 10.4 Å². The number of anilines is 1. The van der Waals surface area contributed by atoms with E-state index in [4.69, 9.17) is 23.2 Å². The molecular formula is C13H7Cl2FN2O3. The fourth-order valence-corrected chi connectivity index (χ4v) is 2.07. The summed E-state index contributed by atoms with van der Waals surface area (Å²) in [7, 11) is 0. The van der Waals surface area contributed by atoms with Crippen LogP contribution in [-0.4, -0.2) is 10.8 Å². The van der Waals surface area contributed by atoms with Gasteiger partial charge in [0.05, 0.1) is 4.92 Å². The van der Waals surface area contributed by atoms with Crippen molar-refractivity contribution >= 4 is 40.5 Å². The molecule has 0 atom stereocenters. The fraction of sp³-hybridized carbons (Fsp3) is 0. The predicted octanol–water partition coefficient (Wildman–Crippen LogP) is 4.29. The molecule has 8 heteroatoms. The van der Waals surface area contributed by atoms with Gasteiger partial charge in [-0.25, -0.2) is 4.39 Å². The van der Waals surface area contributed by atoms with Crippen molar-refractivity contribution in [3.63, 3.8) is 0 Å². The number of hydrogen-bond donors (Lipinski definition) is 1. The SMILES string of the molecule is O=C(Nc1cc(F)cc(Cl)c1)c1cc(Cl)ccc1[N+](=O)[O-]. The second-order valence-corrected chi connectivity index (χ2v) is 4.90. The maximum absolute atomic E-state index is 13.2. The maximum Gasteiger partial charge on any atom is 0.282 e. The molecular weight excluding hydrogens is 322 g/mol. The van der Waals surface area contributed by atoms with Crippen LogP contribution in [0.5, 0.6) is 0 Å². The third kappa shape index (κ3) is 3.68. The van der Waals surface area contributed by atoms with Crippen molar-refractivity contribution in [1.82, 2.24) is 0 Å². The van der Waals surface area contributed by atoms with E-state index in [0.29, 0.717) is 0 Å². The summed E-state index contributed by atoms with van der Waals surface area (Å²) < 4.78 is 13.2. The second-order valence-electron chi connectivity index (χ2n) is 4.03. The number of carbonyl (C=O) groups is 1. The first-order valence-electron chi connectivity index (χ1n) is 5.58. The van der Waals surface area contributed by atoms with Crippen molar-refractivity contribution in [2.24, 2.45) is 0 Å². The highest BCUT2D eigenvalue weighted by Gasteiger charge is 2.20. The fourth-order valence-electron chi connectivity index (χ4n) is 1.67. The summed E-state index contributed by atoms with van der Waals surface area (Å²) in [5, 5.41) is 13.5. The van der Waals surface area contributed by atoms with Crippen LogP contribution < -0.4 is 5.32 Å². The number of hydrogen-bond acceptors (Lipinski definition) is 3. The van der Waals surface area contributed by atoms with Crippen LogP contribution in [0.3, 0.4) is 0 Å². The molecule has 1 amide bonds. The van der Waals surface area contributed by atoms with Crippen LogP contribution in [0.25, 0.3) is 0 Å². The zero-order chi connectivity index (χ0) is 15.6. The van der Waals surface area contributed by atoms with Crippen molar-refractivity contribution in [3.8, 4) is 0 Å². The Bertz CT molecular complexity index is 717. The quantitative estimate of drug-likeness (QED) is 0.674. The molecule has 0 aliphatic heterocycles. The lowest BCUT2D eigenvalue weighted by Crippen LogP contribution is -2.14. The Morgan fingerprint density at radius 1 is 1.14 bits per heavy atom. The van der Waals surface area contributed by atoms with Crippen molar-refractivity contribution < 1.29 is 14.1 Å². The summed E-state index contributed by atoms with van der Waals surface area (Å²) in [6, 6.07) is 7.01. The molecule has 108 valence electrons. The molecule has 21 heavy (non-hydrogen) atoms.